The topological polar surface area (TPSA) is 103 Å². The van der Waals surface area contributed by atoms with Gasteiger partial charge in [0, 0.05) is 46.1 Å². The number of carbonyl (C=O) groups is 1. The Hall–Kier alpha value is -3.69. The van der Waals surface area contributed by atoms with E-state index in [4.69, 9.17) is 23.2 Å². The number of rotatable bonds is 7. The molecule has 0 aliphatic carbocycles. The summed E-state index contributed by atoms with van der Waals surface area (Å²) in [5.74, 6) is -1.26. The van der Waals surface area contributed by atoms with Crippen LogP contribution in [0, 0.1) is 0 Å². The van der Waals surface area contributed by atoms with Crippen molar-refractivity contribution in [2.45, 2.75) is 29.6 Å². The van der Waals surface area contributed by atoms with Gasteiger partial charge in [-0.3, -0.25) is 5.10 Å². The predicted octanol–water partition coefficient (Wildman–Crippen LogP) is 7.32. The minimum Gasteiger partial charge on any atom is -0.478 e. The molecule has 0 radical (unpaired) electrons. The Morgan fingerprint density at radius 2 is 1.43 bits per heavy atom. The molecule has 0 saturated carbocycles. The molecule has 7 nitrogen and oxygen atoms in total. The third kappa shape index (κ3) is 5.43. The van der Waals surface area contributed by atoms with Crippen molar-refractivity contribution in [3.63, 3.8) is 0 Å². The summed E-state index contributed by atoms with van der Waals surface area (Å²) in [6, 6.07) is 27.6. The van der Waals surface area contributed by atoms with E-state index in [2.05, 4.69) is 22.3 Å². The Balaban J connectivity index is 1.30. The van der Waals surface area contributed by atoms with Crippen LogP contribution < -0.4 is 0 Å². The number of sulfonamides is 1. The van der Waals surface area contributed by atoms with E-state index >= 15 is 0 Å². The van der Waals surface area contributed by atoms with E-state index in [9.17, 15) is 18.3 Å². The summed E-state index contributed by atoms with van der Waals surface area (Å²) in [6.45, 7) is 0.554. The van der Waals surface area contributed by atoms with E-state index in [1.165, 1.54) is 22.5 Å². The number of piperidine rings is 1. The minimum atomic E-state index is -3.95. The first-order valence-corrected chi connectivity index (χ1v) is 15.7. The van der Waals surface area contributed by atoms with Crippen LogP contribution in [0.1, 0.15) is 57.4 Å². The van der Waals surface area contributed by atoms with Gasteiger partial charge in [0.25, 0.3) is 0 Å². The van der Waals surface area contributed by atoms with Crippen molar-refractivity contribution in [3.05, 3.63) is 129 Å². The first-order chi connectivity index (χ1) is 20.2. The molecule has 1 saturated heterocycles. The number of aromatic carboxylic acids is 1. The molecule has 0 bridgehead atoms. The van der Waals surface area contributed by atoms with Gasteiger partial charge in [0.05, 0.1) is 16.0 Å². The molecule has 0 spiro atoms. The van der Waals surface area contributed by atoms with Crippen LogP contribution in [0.4, 0.5) is 0 Å². The normalized spacial score (nSPS) is 14.9. The van der Waals surface area contributed by atoms with Crippen LogP contribution in [-0.4, -0.2) is 47.1 Å². The van der Waals surface area contributed by atoms with Crippen molar-refractivity contribution in [3.8, 4) is 0 Å². The predicted molar refractivity (Wildman–Crippen MR) is 164 cm³/mol. The number of halogens is 2. The van der Waals surface area contributed by atoms with Crippen molar-refractivity contribution in [2.75, 3.05) is 13.1 Å². The average Bonchev–Trinajstić information content (AvgIpc) is 3.43. The number of nitrogens with zero attached hydrogens (tertiary/aromatic N) is 2. The van der Waals surface area contributed by atoms with E-state index in [-0.39, 0.29) is 35.4 Å². The molecule has 214 valence electrons. The molecular weight excluding hydrogens is 593 g/mol. The lowest BCUT2D eigenvalue weighted by atomic mass is 9.84. The Labute approximate surface area is 253 Å². The molecule has 1 aromatic heterocycles. The fraction of sp³-hybridized carbons (Fsp3) is 0.188. The van der Waals surface area contributed by atoms with Gasteiger partial charge in [-0.25, -0.2) is 13.2 Å². The molecule has 0 unspecified atom stereocenters. The fourth-order valence-electron chi connectivity index (χ4n) is 5.82. The molecule has 1 fully saturated rings. The van der Waals surface area contributed by atoms with Crippen molar-refractivity contribution in [1.82, 2.24) is 14.5 Å². The van der Waals surface area contributed by atoms with Gasteiger partial charge >= 0.3 is 5.97 Å². The highest BCUT2D eigenvalue weighted by Gasteiger charge is 2.33. The smallest absolute Gasteiger partial charge is 0.337 e. The van der Waals surface area contributed by atoms with Crippen LogP contribution in [0.25, 0.3) is 10.9 Å². The van der Waals surface area contributed by atoms with Crippen LogP contribution in [0.15, 0.2) is 95.9 Å². The molecule has 5 aromatic rings. The van der Waals surface area contributed by atoms with Crippen molar-refractivity contribution in [2.24, 2.45) is 0 Å². The highest BCUT2D eigenvalue weighted by atomic mass is 35.5. The van der Waals surface area contributed by atoms with Gasteiger partial charge < -0.3 is 5.11 Å². The van der Waals surface area contributed by atoms with E-state index in [0.717, 1.165) is 33.3 Å². The standard InChI is InChI=1S/C32H27Cl2N3O4S/c33-24-10-5-20(6-11-24)30(21-7-12-25(34)13-8-21)23-9-14-28-27(19-23)31(36-35-28)22-15-17-37(18-16-22)42(40,41)29-4-2-1-3-26(29)32(38)39/h1-14,19,22,30H,15-18H2,(H,35,36)(H,38,39). The number of aromatic amines is 1. The average molecular weight is 621 g/mol. The monoisotopic (exact) mass is 619 g/mol. The van der Waals surface area contributed by atoms with Gasteiger partial charge in [0.15, 0.2) is 0 Å². The van der Waals surface area contributed by atoms with E-state index < -0.39 is 16.0 Å². The lowest BCUT2D eigenvalue weighted by Gasteiger charge is -2.31. The highest BCUT2D eigenvalue weighted by Crippen LogP contribution is 2.38. The third-order valence-electron chi connectivity index (χ3n) is 7.95. The second-order valence-corrected chi connectivity index (χ2v) is 13.2. The number of nitrogens with one attached hydrogen (secondary N) is 1. The zero-order valence-electron chi connectivity index (χ0n) is 22.4. The van der Waals surface area contributed by atoms with Gasteiger partial charge in [0.2, 0.25) is 10.0 Å². The zero-order valence-corrected chi connectivity index (χ0v) is 24.7. The van der Waals surface area contributed by atoms with Crippen LogP contribution in [0.5, 0.6) is 0 Å². The molecule has 0 atom stereocenters. The lowest BCUT2D eigenvalue weighted by molar-refractivity contribution is 0.0692. The lowest BCUT2D eigenvalue weighted by Crippen LogP contribution is -2.38. The summed E-state index contributed by atoms with van der Waals surface area (Å²) in [7, 11) is -3.95. The minimum absolute atomic E-state index is 0.0621. The summed E-state index contributed by atoms with van der Waals surface area (Å²) in [4.78, 5) is 11.5. The van der Waals surface area contributed by atoms with E-state index in [1.54, 1.807) is 6.07 Å². The SMILES string of the molecule is O=C(O)c1ccccc1S(=O)(=O)N1CCC(c2[nH]nc3ccc(C(c4ccc(Cl)cc4)c4ccc(Cl)cc4)cc23)CC1. The largest absolute Gasteiger partial charge is 0.478 e. The molecule has 1 aliphatic rings. The first kappa shape index (κ1) is 28.4. The van der Waals surface area contributed by atoms with E-state index in [1.807, 2.05) is 54.6 Å². The number of aromatic nitrogens is 2. The van der Waals surface area contributed by atoms with Crippen LogP contribution in [0.2, 0.25) is 10.0 Å². The maximum absolute atomic E-state index is 13.4. The van der Waals surface area contributed by atoms with Gasteiger partial charge in [0.1, 0.15) is 0 Å². The molecule has 2 heterocycles. The Kier molecular flexibility index (Phi) is 7.81. The molecule has 0 amide bonds. The van der Waals surface area contributed by atoms with Gasteiger partial charge in [-0.05, 0) is 78.1 Å². The second-order valence-electron chi connectivity index (χ2n) is 10.4. The Morgan fingerprint density at radius 3 is 2.02 bits per heavy atom. The summed E-state index contributed by atoms with van der Waals surface area (Å²) in [5, 5.41) is 19.6. The third-order valence-corrected chi connectivity index (χ3v) is 10.4. The molecule has 4 aromatic carbocycles. The van der Waals surface area contributed by atoms with Crippen molar-refractivity contribution >= 4 is 50.1 Å². The maximum Gasteiger partial charge on any atom is 0.337 e. The van der Waals surface area contributed by atoms with Crippen LogP contribution >= 0.6 is 23.2 Å². The van der Waals surface area contributed by atoms with Gasteiger partial charge in [-0.2, -0.15) is 9.40 Å². The van der Waals surface area contributed by atoms with Gasteiger partial charge in [-0.1, -0.05) is 65.7 Å². The van der Waals surface area contributed by atoms with Crippen LogP contribution in [-0.2, 0) is 10.0 Å². The number of fused-ring (bicyclic) bond motifs is 1. The summed E-state index contributed by atoms with van der Waals surface area (Å²) >= 11 is 12.4. The van der Waals surface area contributed by atoms with Crippen molar-refractivity contribution in [1.29, 1.82) is 0 Å². The molecular formula is C32H27Cl2N3O4S. The molecule has 6 rings (SSSR count). The number of carboxylic acid groups (broad SMARTS) is 1. The molecule has 42 heavy (non-hydrogen) atoms. The maximum atomic E-state index is 13.4. The van der Waals surface area contributed by atoms with E-state index in [0.29, 0.717) is 22.9 Å². The summed E-state index contributed by atoms with van der Waals surface area (Å²) < 4.78 is 28.1. The molecule has 2 N–H and O–H groups in total. The fourth-order valence-corrected chi connectivity index (χ4v) is 7.72. The Bertz CT molecular complexity index is 1820. The quantitative estimate of drug-likeness (QED) is 0.186. The number of carboxylic acids is 1. The van der Waals surface area contributed by atoms with Crippen LogP contribution in [0.3, 0.4) is 0 Å². The number of hydrogen-bond acceptors (Lipinski definition) is 4. The zero-order chi connectivity index (χ0) is 29.4. The molecule has 1 aliphatic heterocycles. The first-order valence-electron chi connectivity index (χ1n) is 13.5. The van der Waals surface area contributed by atoms with Gasteiger partial charge in [-0.15, -0.1) is 0 Å². The Morgan fingerprint density at radius 1 is 0.857 bits per heavy atom. The summed E-state index contributed by atoms with van der Waals surface area (Å²) in [6.07, 6.45) is 1.15. The number of H-pyrrole nitrogens is 1. The second kappa shape index (κ2) is 11.5. The number of hydrogen-bond donors (Lipinski definition) is 2. The van der Waals surface area contributed by atoms with Crippen molar-refractivity contribution < 1.29 is 18.3 Å². The summed E-state index contributed by atoms with van der Waals surface area (Å²) in [5.41, 5.74) is 4.85. The molecule has 10 heteroatoms. The number of benzene rings is 4. The highest BCUT2D eigenvalue weighted by molar-refractivity contribution is 7.89.